The zero-order valence-electron chi connectivity index (χ0n) is 13.7. The van der Waals surface area contributed by atoms with E-state index in [0.29, 0.717) is 29.8 Å². The molecular formula is C18H21FN4O. The van der Waals surface area contributed by atoms with Crippen molar-refractivity contribution < 1.29 is 9.18 Å². The highest BCUT2D eigenvalue weighted by Crippen LogP contribution is 2.36. The lowest BCUT2D eigenvalue weighted by Gasteiger charge is -2.36. The van der Waals surface area contributed by atoms with E-state index < -0.39 is 0 Å². The number of carbonyl (C=O) groups excluding carboxylic acids is 1. The molecule has 1 aliphatic heterocycles. The monoisotopic (exact) mass is 328 g/mol. The number of hydrogen-bond donors (Lipinski definition) is 1. The van der Waals surface area contributed by atoms with E-state index in [4.69, 9.17) is 5.73 Å². The second-order valence-electron chi connectivity index (χ2n) is 5.96. The summed E-state index contributed by atoms with van der Waals surface area (Å²) in [5.41, 5.74) is 7.45. The van der Waals surface area contributed by atoms with Crippen molar-refractivity contribution in [2.75, 3.05) is 12.3 Å². The highest BCUT2D eigenvalue weighted by atomic mass is 19.1. The fraction of sp³-hybridized carbons (Fsp3) is 0.389. The van der Waals surface area contributed by atoms with Crippen molar-refractivity contribution in [3.8, 4) is 11.1 Å². The summed E-state index contributed by atoms with van der Waals surface area (Å²) in [6.07, 6.45) is 4.76. The third-order valence-corrected chi connectivity index (χ3v) is 4.44. The molecule has 0 aliphatic carbocycles. The number of nitrogen functional groups attached to an aromatic ring is 1. The molecular weight excluding hydrogens is 307 g/mol. The predicted molar refractivity (Wildman–Crippen MR) is 90.4 cm³/mol. The Hall–Kier alpha value is -2.50. The van der Waals surface area contributed by atoms with E-state index in [-0.39, 0.29) is 23.7 Å². The first-order chi connectivity index (χ1) is 11.6. The normalized spacial score (nSPS) is 17.8. The van der Waals surface area contributed by atoms with Crippen LogP contribution in [0, 0.1) is 5.82 Å². The Kier molecular flexibility index (Phi) is 4.74. The molecule has 6 heteroatoms. The molecule has 1 fully saturated rings. The van der Waals surface area contributed by atoms with Crippen molar-refractivity contribution in [1.82, 2.24) is 14.9 Å². The van der Waals surface area contributed by atoms with Crippen molar-refractivity contribution in [2.24, 2.45) is 0 Å². The molecule has 0 bridgehead atoms. The lowest BCUT2D eigenvalue weighted by atomic mass is 9.93. The minimum Gasteiger partial charge on any atom is -0.368 e. The molecule has 1 unspecified atom stereocenters. The molecule has 2 heterocycles. The number of nitrogens with two attached hydrogens (primary N) is 1. The van der Waals surface area contributed by atoms with Crippen LogP contribution in [0.25, 0.3) is 11.1 Å². The van der Waals surface area contributed by atoms with Gasteiger partial charge in [0.15, 0.2) is 0 Å². The number of carbonyl (C=O) groups is 1. The first-order valence-corrected chi connectivity index (χ1v) is 8.28. The van der Waals surface area contributed by atoms with Gasteiger partial charge in [-0.05, 0) is 25.3 Å². The predicted octanol–water partition coefficient (Wildman–Crippen LogP) is 3.33. The summed E-state index contributed by atoms with van der Waals surface area (Å²) in [6, 6.07) is 6.33. The van der Waals surface area contributed by atoms with Crippen LogP contribution in [-0.2, 0) is 4.79 Å². The maximum absolute atomic E-state index is 14.3. The Morgan fingerprint density at radius 2 is 2.12 bits per heavy atom. The van der Waals surface area contributed by atoms with Gasteiger partial charge in [0.05, 0.1) is 11.7 Å². The minimum absolute atomic E-state index is 0.0800. The van der Waals surface area contributed by atoms with Gasteiger partial charge in [-0.1, -0.05) is 25.1 Å². The van der Waals surface area contributed by atoms with Crippen molar-refractivity contribution in [2.45, 2.75) is 38.6 Å². The number of halogens is 1. The summed E-state index contributed by atoms with van der Waals surface area (Å²) in [7, 11) is 0. The van der Waals surface area contributed by atoms with Gasteiger partial charge in [-0.25, -0.2) is 14.4 Å². The van der Waals surface area contributed by atoms with Crippen LogP contribution in [0.1, 0.15) is 44.3 Å². The lowest BCUT2D eigenvalue weighted by Crippen LogP contribution is -2.38. The third kappa shape index (κ3) is 3.09. The largest absolute Gasteiger partial charge is 0.368 e. The molecule has 1 atom stereocenters. The molecule has 126 valence electrons. The van der Waals surface area contributed by atoms with E-state index in [9.17, 15) is 9.18 Å². The highest BCUT2D eigenvalue weighted by Gasteiger charge is 2.30. The summed E-state index contributed by atoms with van der Waals surface area (Å²) >= 11 is 0. The molecule has 0 radical (unpaired) electrons. The SMILES string of the molecule is CCC(=O)N1CCCCC1c1nc(N)ncc1-c1ccccc1F. The van der Waals surface area contributed by atoms with E-state index in [1.807, 2.05) is 11.8 Å². The van der Waals surface area contributed by atoms with Crippen LogP contribution in [-0.4, -0.2) is 27.3 Å². The fourth-order valence-corrected chi connectivity index (χ4v) is 3.27. The molecule has 1 saturated heterocycles. The lowest BCUT2D eigenvalue weighted by molar-refractivity contribution is -0.134. The van der Waals surface area contributed by atoms with Gasteiger partial charge in [0.25, 0.3) is 0 Å². The molecule has 2 N–H and O–H groups in total. The average molecular weight is 328 g/mol. The number of piperidine rings is 1. The Labute approximate surface area is 140 Å². The van der Waals surface area contributed by atoms with Crippen molar-refractivity contribution in [3.05, 3.63) is 42.0 Å². The van der Waals surface area contributed by atoms with Gasteiger partial charge in [0.1, 0.15) is 5.82 Å². The summed E-state index contributed by atoms with van der Waals surface area (Å²) in [6.45, 7) is 2.54. The summed E-state index contributed by atoms with van der Waals surface area (Å²) in [5, 5.41) is 0. The maximum atomic E-state index is 14.3. The number of nitrogens with zero attached hydrogens (tertiary/aromatic N) is 3. The average Bonchev–Trinajstić information content (AvgIpc) is 2.62. The zero-order chi connectivity index (χ0) is 17.1. The zero-order valence-corrected chi connectivity index (χ0v) is 13.7. The number of rotatable bonds is 3. The quantitative estimate of drug-likeness (QED) is 0.938. The second kappa shape index (κ2) is 6.95. The van der Waals surface area contributed by atoms with Crippen LogP contribution in [0.15, 0.2) is 30.5 Å². The van der Waals surface area contributed by atoms with Gasteiger partial charge < -0.3 is 10.6 Å². The van der Waals surface area contributed by atoms with Crippen LogP contribution >= 0.6 is 0 Å². The summed E-state index contributed by atoms with van der Waals surface area (Å²) < 4.78 is 14.3. The van der Waals surface area contributed by atoms with E-state index in [1.54, 1.807) is 24.4 Å². The van der Waals surface area contributed by atoms with Gasteiger partial charge in [-0.3, -0.25) is 4.79 Å². The molecule has 0 saturated carbocycles. The second-order valence-corrected chi connectivity index (χ2v) is 5.96. The molecule has 1 amide bonds. The van der Waals surface area contributed by atoms with E-state index in [1.165, 1.54) is 6.07 Å². The Morgan fingerprint density at radius 1 is 1.33 bits per heavy atom. The molecule has 3 rings (SSSR count). The number of anilines is 1. The Bertz CT molecular complexity index is 750. The summed E-state index contributed by atoms with van der Waals surface area (Å²) in [5.74, 6) is -0.118. The number of aromatic nitrogens is 2. The molecule has 24 heavy (non-hydrogen) atoms. The van der Waals surface area contributed by atoms with Crippen molar-refractivity contribution in [3.63, 3.8) is 0 Å². The van der Waals surface area contributed by atoms with Gasteiger partial charge in [0.2, 0.25) is 11.9 Å². The van der Waals surface area contributed by atoms with Crippen LogP contribution < -0.4 is 5.73 Å². The van der Waals surface area contributed by atoms with Crippen LogP contribution in [0.5, 0.6) is 0 Å². The third-order valence-electron chi connectivity index (χ3n) is 4.44. The first kappa shape index (κ1) is 16.4. The number of hydrogen-bond acceptors (Lipinski definition) is 4. The van der Waals surface area contributed by atoms with Gasteiger partial charge in [-0.15, -0.1) is 0 Å². The standard InChI is InChI=1S/C18H21FN4O/c1-2-16(24)23-10-6-5-9-15(23)17-13(11-21-18(20)22-17)12-7-3-4-8-14(12)19/h3-4,7-8,11,15H,2,5-6,9-10H2,1H3,(H2,20,21,22). The Morgan fingerprint density at radius 3 is 2.88 bits per heavy atom. The highest BCUT2D eigenvalue weighted by molar-refractivity contribution is 5.77. The molecule has 1 aromatic carbocycles. The molecule has 1 aromatic heterocycles. The first-order valence-electron chi connectivity index (χ1n) is 8.28. The van der Waals surface area contributed by atoms with E-state index in [2.05, 4.69) is 9.97 Å². The maximum Gasteiger partial charge on any atom is 0.222 e. The van der Waals surface area contributed by atoms with Gasteiger partial charge in [-0.2, -0.15) is 0 Å². The van der Waals surface area contributed by atoms with Crippen LogP contribution in [0.2, 0.25) is 0 Å². The number of likely N-dealkylation sites (tertiary alicyclic amines) is 1. The van der Waals surface area contributed by atoms with Gasteiger partial charge >= 0.3 is 0 Å². The topological polar surface area (TPSA) is 72.1 Å². The Balaban J connectivity index is 2.11. The van der Waals surface area contributed by atoms with Crippen molar-refractivity contribution >= 4 is 11.9 Å². The smallest absolute Gasteiger partial charge is 0.222 e. The fourth-order valence-electron chi connectivity index (χ4n) is 3.27. The molecule has 1 aliphatic rings. The summed E-state index contributed by atoms with van der Waals surface area (Å²) in [4.78, 5) is 22.6. The van der Waals surface area contributed by atoms with Crippen LogP contribution in [0.4, 0.5) is 10.3 Å². The van der Waals surface area contributed by atoms with Gasteiger partial charge in [0, 0.05) is 30.3 Å². The van der Waals surface area contributed by atoms with Crippen LogP contribution in [0.3, 0.4) is 0 Å². The minimum atomic E-state index is -0.337. The number of benzene rings is 1. The molecule has 2 aromatic rings. The molecule has 5 nitrogen and oxygen atoms in total. The van der Waals surface area contributed by atoms with Crippen molar-refractivity contribution in [1.29, 1.82) is 0 Å². The van der Waals surface area contributed by atoms with E-state index in [0.717, 1.165) is 19.3 Å². The molecule has 0 spiro atoms. The van der Waals surface area contributed by atoms with E-state index >= 15 is 0 Å². The number of amides is 1.